The molecule has 0 amide bonds. The van der Waals surface area contributed by atoms with Crippen LogP contribution in [0.1, 0.15) is 16.7 Å². The summed E-state index contributed by atoms with van der Waals surface area (Å²) in [6.07, 6.45) is 7.40. The Morgan fingerprint density at radius 3 is 2.28 bits per heavy atom. The highest BCUT2D eigenvalue weighted by molar-refractivity contribution is 5.45. The first-order valence-corrected chi connectivity index (χ1v) is 6.13. The van der Waals surface area contributed by atoms with Gasteiger partial charge in [0.25, 0.3) is 0 Å². The van der Waals surface area contributed by atoms with Crippen LogP contribution in [0, 0.1) is 0 Å². The first-order valence-electron chi connectivity index (χ1n) is 6.13. The highest BCUT2D eigenvalue weighted by atomic mass is 15.1. The first kappa shape index (κ1) is 11.0. The Bertz CT molecular complexity index is 535. The number of rotatable bonds is 3. The summed E-state index contributed by atoms with van der Waals surface area (Å²) in [5, 5.41) is 3.38. The molecule has 3 heteroatoms. The molecule has 1 aliphatic carbocycles. The second-order valence-electron chi connectivity index (χ2n) is 4.56. The molecule has 1 aromatic carbocycles. The quantitative estimate of drug-likeness (QED) is 0.892. The maximum absolute atomic E-state index is 4.28. The van der Waals surface area contributed by atoms with Crippen LogP contribution in [0.15, 0.2) is 43.2 Å². The van der Waals surface area contributed by atoms with Gasteiger partial charge in [0.1, 0.15) is 0 Å². The van der Waals surface area contributed by atoms with E-state index in [4.69, 9.17) is 0 Å². The molecule has 2 aromatic rings. The third kappa shape index (κ3) is 2.12. The van der Waals surface area contributed by atoms with Gasteiger partial charge in [0, 0.05) is 24.0 Å². The van der Waals surface area contributed by atoms with Gasteiger partial charge in [0.2, 0.25) is 5.95 Å². The van der Waals surface area contributed by atoms with Crippen LogP contribution in [-0.2, 0) is 12.8 Å². The smallest absolute Gasteiger partial charge is 0.222 e. The van der Waals surface area contributed by atoms with Gasteiger partial charge in [-0.25, -0.2) is 9.97 Å². The summed E-state index contributed by atoms with van der Waals surface area (Å²) >= 11 is 0. The van der Waals surface area contributed by atoms with Crippen LogP contribution in [0.2, 0.25) is 0 Å². The number of fused-ring (bicyclic) bond motifs is 1. The lowest BCUT2D eigenvalue weighted by molar-refractivity contribution is 0.761. The molecule has 1 aromatic heterocycles. The summed E-state index contributed by atoms with van der Waals surface area (Å²) in [5.74, 6) is 0.693. The van der Waals surface area contributed by atoms with E-state index >= 15 is 0 Å². The zero-order valence-corrected chi connectivity index (χ0v) is 10.1. The minimum Gasteiger partial charge on any atom is -0.351 e. The summed E-state index contributed by atoms with van der Waals surface area (Å²) in [7, 11) is 0. The highest BCUT2D eigenvalue weighted by Crippen LogP contribution is 2.23. The van der Waals surface area contributed by atoms with Crippen molar-refractivity contribution in [2.75, 3.05) is 5.32 Å². The molecule has 3 rings (SSSR count). The molecule has 0 aliphatic heterocycles. The summed E-state index contributed by atoms with van der Waals surface area (Å²) in [6, 6.07) is 8.97. The van der Waals surface area contributed by atoms with E-state index in [0.717, 1.165) is 18.4 Å². The first-order chi connectivity index (χ1) is 8.85. The molecule has 3 nitrogen and oxygen atoms in total. The number of aromatic nitrogens is 2. The molecule has 0 radical (unpaired) electrons. The largest absolute Gasteiger partial charge is 0.351 e. The minimum absolute atomic E-state index is 0.400. The lowest BCUT2D eigenvalue weighted by Crippen LogP contribution is -2.20. The minimum atomic E-state index is 0.400. The van der Waals surface area contributed by atoms with Gasteiger partial charge in [-0.05, 0) is 24.0 Å². The molecule has 0 bridgehead atoms. The average Bonchev–Trinajstić information content (AvgIpc) is 2.82. The van der Waals surface area contributed by atoms with Crippen molar-refractivity contribution in [3.63, 3.8) is 0 Å². The Kier molecular flexibility index (Phi) is 2.81. The Hall–Kier alpha value is -2.16. The molecule has 0 spiro atoms. The second kappa shape index (κ2) is 4.61. The maximum Gasteiger partial charge on any atom is 0.222 e. The third-order valence-corrected chi connectivity index (χ3v) is 3.29. The van der Waals surface area contributed by atoms with Crippen LogP contribution in [0.5, 0.6) is 0 Å². The fourth-order valence-corrected chi connectivity index (χ4v) is 2.36. The molecule has 0 saturated heterocycles. The van der Waals surface area contributed by atoms with E-state index in [1.165, 1.54) is 11.1 Å². The van der Waals surface area contributed by atoms with Crippen molar-refractivity contribution in [1.29, 1.82) is 0 Å². The van der Waals surface area contributed by atoms with E-state index in [9.17, 15) is 0 Å². The predicted molar refractivity (Wildman–Crippen MR) is 73.4 cm³/mol. The van der Waals surface area contributed by atoms with E-state index in [1.54, 1.807) is 18.5 Å². The Balaban J connectivity index is 1.70. The van der Waals surface area contributed by atoms with Gasteiger partial charge < -0.3 is 5.32 Å². The van der Waals surface area contributed by atoms with E-state index in [1.807, 2.05) is 0 Å². The summed E-state index contributed by atoms with van der Waals surface area (Å²) in [5.41, 5.74) is 3.80. The Labute approximate surface area is 107 Å². The van der Waals surface area contributed by atoms with Crippen LogP contribution in [0.3, 0.4) is 0 Å². The second-order valence-corrected chi connectivity index (χ2v) is 4.56. The van der Waals surface area contributed by atoms with Crippen molar-refractivity contribution in [2.45, 2.75) is 18.9 Å². The van der Waals surface area contributed by atoms with Gasteiger partial charge in [-0.15, -0.1) is 0 Å². The van der Waals surface area contributed by atoms with Crippen molar-refractivity contribution in [3.05, 3.63) is 59.9 Å². The normalized spacial score (nSPS) is 14.2. The molecule has 0 fully saturated rings. The van der Waals surface area contributed by atoms with E-state index in [2.05, 4.69) is 46.1 Å². The Morgan fingerprint density at radius 2 is 1.72 bits per heavy atom. The molecule has 0 atom stereocenters. The van der Waals surface area contributed by atoms with Gasteiger partial charge in [-0.2, -0.15) is 0 Å². The molecule has 18 heavy (non-hydrogen) atoms. The summed E-state index contributed by atoms with van der Waals surface area (Å²) in [6.45, 7) is 3.69. The molecule has 0 unspecified atom stereocenters. The van der Waals surface area contributed by atoms with Crippen LogP contribution < -0.4 is 5.32 Å². The van der Waals surface area contributed by atoms with E-state index in [0.29, 0.717) is 12.0 Å². The van der Waals surface area contributed by atoms with Gasteiger partial charge in [0.15, 0.2) is 0 Å². The van der Waals surface area contributed by atoms with Crippen LogP contribution in [-0.4, -0.2) is 16.0 Å². The van der Waals surface area contributed by atoms with Crippen molar-refractivity contribution in [1.82, 2.24) is 9.97 Å². The maximum atomic E-state index is 4.28. The molecule has 90 valence electrons. The average molecular weight is 237 g/mol. The number of nitrogens with zero attached hydrogens (tertiary/aromatic N) is 2. The lowest BCUT2D eigenvalue weighted by Gasteiger charge is -2.11. The zero-order chi connectivity index (χ0) is 12.4. The van der Waals surface area contributed by atoms with Crippen molar-refractivity contribution in [2.24, 2.45) is 0 Å². The molecular weight excluding hydrogens is 222 g/mol. The monoisotopic (exact) mass is 237 g/mol. The van der Waals surface area contributed by atoms with Crippen molar-refractivity contribution in [3.8, 4) is 0 Å². The lowest BCUT2D eigenvalue weighted by atomic mass is 10.1. The third-order valence-electron chi connectivity index (χ3n) is 3.29. The molecular formula is C15H15N3. The summed E-state index contributed by atoms with van der Waals surface area (Å²) in [4.78, 5) is 8.56. The van der Waals surface area contributed by atoms with E-state index < -0.39 is 0 Å². The number of anilines is 1. The van der Waals surface area contributed by atoms with Gasteiger partial charge in [-0.3, -0.25) is 0 Å². The predicted octanol–water partition coefficient (Wildman–Crippen LogP) is 2.70. The van der Waals surface area contributed by atoms with Crippen molar-refractivity contribution >= 4 is 12.0 Å². The van der Waals surface area contributed by atoms with Crippen LogP contribution >= 0.6 is 0 Å². The SMILES string of the molecule is C=Cc1cnc(NC2Cc3ccccc3C2)nc1. The molecule has 1 heterocycles. The molecule has 1 N–H and O–H groups in total. The number of benzene rings is 1. The molecule has 1 aliphatic rings. The number of nitrogens with one attached hydrogen (secondary N) is 1. The van der Waals surface area contributed by atoms with Gasteiger partial charge in [-0.1, -0.05) is 36.9 Å². The number of hydrogen-bond acceptors (Lipinski definition) is 3. The number of hydrogen-bond donors (Lipinski definition) is 1. The Morgan fingerprint density at radius 1 is 1.11 bits per heavy atom. The van der Waals surface area contributed by atoms with E-state index in [-0.39, 0.29) is 0 Å². The van der Waals surface area contributed by atoms with Crippen LogP contribution in [0.4, 0.5) is 5.95 Å². The van der Waals surface area contributed by atoms with Crippen LogP contribution in [0.25, 0.3) is 6.08 Å². The van der Waals surface area contributed by atoms with Crippen molar-refractivity contribution < 1.29 is 0 Å². The highest BCUT2D eigenvalue weighted by Gasteiger charge is 2.21. The standard InChI is InChI=1S/C15H15N3/c1-2-11-9-16-15(17-10-11)18-14-7-12-5-3-4-6-13(12)8-14/h2-6,9-10,14H,1,7-8H2,(H,16,17,18). The fourth-order valence-electron chi connectivity index (χ4n) is 2.36. The fraction of sp³-hybridized carbons (Fsp3) is 0.200. The molecule has 0 saturated carbocycles. The van der Waals surface area contributed by atoms with Gasteiger partial charge >= 0.3 is 0 Å². The topological polar surface area (TPSA) is 37.8 Å². The zero-order valence-electron chi connectivity index (χ0n) is 10.1. The summed E-state index contributed by atoms with van der Waals surface area (Å²) < 4.78 is 0. The van der Waals surface area contributed by atoms with Gasteiger partial charge in [0.05, 0.1) is 0 Å².